The SMILES string of the molecule is CCOc1ccc(CN2CCN(C(=O)c3cnn(C)c3-n3cccc3)CC2)cc1. The Kier molecular flexibility index (Phi) is 5.67. The van der Waals surface area contributed by atoms with E-state index in [1.165, 1.54) is 5.56 Å². The Labute approximate surface area is 171 Å². The lowest BCUT2D eigenvalue weighted by atomic mass is 10.2. The van der Waals surface area contributed by atoms with E-state index in [0.29, 0.717) is 12.2 Å². The van der Waals surface area contributed by atoms with Crippen molar-refractivity contribution >= 4 is 5.91 Å². The van der Waals surface area contributed by atoms with Crippen molar-refractivity contribution in [3.63, 3.8) is 0 Å². The largest absolute Gasteiger partial charge is 0.494 e. The van der Waals surface area contributed by atoms with Crippen molar-refractivity contribution in [1.82, 2.24) is 24.1 Å². The topological polar surface area (TPSA) is 55.5 Å². The number of ether oxygens (including phenoxy) is 1. The number of nitrogens with zero attached hydrogens (tertiary/aromatic N) is 5. The van der Waals surface area contributed by atoms with Gasteiger partial charge in [0.2, 0.25) is 0 Å². The zero-order valence-corrected chi connectivity index (χ0v) is 17.0. The lowest BCUT2D eigenvalue weighted by Crippen LogP contribution is -2.48. The van der Waals surface area contributed by atoms with Gasteiger partial charge in [0, 0.05) is 52.2 Å². The Morgan fingerprint density at radius 1 is 1.07 bits per heavy atom. The molecule has 0 radical (unpaired) electrons. The molecule has 152 valence electrons. The summed E-state index contributed by atoms with van der Waals surface area (Å²) in [6.45, 7) is 6.71. The van der Waals surface area contributed by atoms with E-state index in [-0.39, 0.29) is 5.91 Å². The molecule has 1 amide bonds. The van der Waals surface area contributed by atoms with Crippen molar-refractivity contribution in [3.8, 4) is 11.6 Å². The summed E-state index contributed by atoms with van der Waals surface area (Å²) in [7, 11) is 1.86. The molecule has 0 saturated carbocycles. The molecular weight excluding hydrogens is 366 g/mol. The van der Waals surface area contributed by atoms with Crippen LogP contribution in [0.4, 0.5) is 0 Å². The van der Waals surface area contributed by atoms with Gasteiger partial charge in [-0.3, -0.25) is 14.4 Å². The molecule has 7 heteroatoms. The standard InChI is InChI=1S/C22H27N5O2/c1-3-29-19-8-6-18(7-9-19)17-25-12-14-27(15-13-25)22(28)20-16-23-24(2)21(20)26-10-4-5-11-26/h4-11,16H,3,12-15,17H2,1-2H3. The minimum absolute atomic E-state index is 0.0440. The van der Waals surface area contributed by atoms with Crippen molar-refractivity contribution in [3.05, 3.63) is 66.1 Å². The molecular formula is C22H27N5O2. The summed E-state index contributed by atoms with van der Waals surface area (Å²) < 4.78 is 9.18. The lowest BCUT2D eigenvalue weighted by molar-refractivity contribution is 0.0628. The zero-order chi connectivity index (χ0) is 20.2. The molecule has 1 saturated heterocycles. The number of aryl methyl sites for hydroxylation is 1. The minimum atomic E-state index is 0.0440. The fourth-order valence-corrected chi connectivity index (χ4v) is 3.76. The number of carbonyl (C=O) groups excluding carboxylic acids is 1. The first-order valence-electron chi connectivity index (χ1n) is 10.0. The van der Waals surface area contributed by atoms with Crippen LogP contribution >= 0.6 is 0 Å². The van der Waals surface area contributed by atoms with Gasteiger partial charge >= 0.3 is 0 Å². The molecule has 7 nitrogen and oxygen atoms in total. The third-order valence-electron chi connectivity index (χ3n) is 5.29. The first-order chi connectivity index (χ1) is 14.2. The van der Waals surface area contributed by atoms with Crippen molar-refractivity contribution in [2.45, 2.75) is 13.5 Å². The van der Waals surface area contributed by atoms with Gasteiger partial charge in [-0.1, -0.05) is 12.1 Å². The van der Waals surface area contributed by atoms with Crippen LogP contribution in [0.5, 0.6) is 5.75 Å². The van der Waals surface area contributed by atoms with Crippen LogP contribution in [0, 0.1) is 0 Å². The van der Waals surface area contributed by atoms with E-state index < -0.39 is 0 Å². The van der Waals surface area contributed by atoms with Crippen LogP contribution < -0.4 is 4.74 Å². The van der Waals surface area contributed by atoms with Crippen LogP contribution in [0.15, 0.2) is 55.0 Å². The number of benzene rings is 1. The maximum Gasteiger partial charge on any atom is 0.259 e. The summed E-state index contributed by atoms with van der Waals surface area (Å²) >= 11 is 0. The maximum absolute atomic E-state index is 13.1. The third kappa shape index (κ3) is 4.19. The highest BCUT2D eigenvalue weighted by molar-refractivity contribution is 5.97. The highest BCUT2D eigenvalue weighted by Gasteiger charge is 2.26. The Bertz CT molecular complexity index is 938. The fraction of sp³-hybridized carbons (Fsp3) is 0.364. The van der Waals surface area contributed by atoms with Gasteiger partial charge < -0.3 is 14.2 Å². The highest BCUT2D eigenvalue weighted by Crippen LogP contribution is 2.19. The Hall–Kier alpha value is -3.06. The summed E-state index contributed by atoms with van der Waals surface area (Å²) in [5.74, 6) is 1.75. The van der Waals surface area contributed by atoms with Crippen molar-refractivity contribution in [2.75, 3.05) is 32.8 Å². The second-order valence-corrected chi connectivity index (χ2v) is 7.24. The molecule has 1 aliphatic rings. The van der Waals surface area contributed by atoms with Gasteiger partial charge in [-0.25, -0.2) is 0 Å². The molecule has 1 aromatic carbocycles. The summed E-state index contributed by atoms with van der Waals surface area (Å²) in [6, 6.07) is 12.2. The average molecular weight is 393 g/mol. The van der Waals surface area contributed by atoms with E-state index in [1.807, 2.05) is 60.1 Å². The number of piperazine rings is 1. The molecule has 4 rings (SSSR count). The zero-order valence-electron chi connectivity index (χ0n) is 17.0. The Balaban J connectivity index is 1.37. The predicted octanol–water partition coefficient (Wildman–Crippen LogP) is 2.57. The third-order valence-corrected chi connectivity index (χ3v) is 5.29. The normalized spacial score (nSPS) is 14.9. The first-order valence-corrected chi connectivity index (χ1v) is 10.0. The van der Waals surface area contributed by atoms with Gasteiger partial charge in [-0.15, -0.1) is 0 Å². The number of rotatable bonds is 6. The van der Waals surface area contributed by atoms with Gasteiger partial charge in [0.25, 0.3) is 5.91 Å². The first kappa shape index (κ1) is 19.3. The molecule has 2 aromatic heterocycles. The maximum atomic E-state index is 13.1. The van der Waals surface area contributed by atoms with Crippen LogP contribution in [0.1, 0.15) is 22.8 Å². The van der Waals surface area contributed by atoms with Crippen LogP contribution in [0.25, 0.3) is 5.82 Å². The van der Waals surface area contributed by atoms with Crippen LogP contribution in [0.2, 0.25) is 0 Å². The summed E-state index contributed by atoms with van der Waals surface area (Å²) in [4.78, 5) is 17.4. The molecule has 0 spiro atoms. The second-order valence-electron chi connectivity index (χ2n) is 7.24. The number of hydrogen-bond acceptors (Lipinski definition) is 4. The molecule has 3 aromatic rings. The molecule has 0 aliphatic carbocycles. The summed E-state index contributed by atoms with van der Waals surface area (Å²) in [6.07, 6.45) is 5.54. The highest BCUT2D eigenvalue weighted by atomic mass is 16.5. The van der Waals surface area contributed by atoms with Gasteiger partial charge in [-0.05, 0) is 36.8 Å². The number of carbonyl (C=O) groups is 1. The predicted molar refractivity (Wildman–Crippen MR) is 111 cm³/mol. The number of aromatic nitrogens is 3. The van der Waals surface area contributed by atoms with Gasteiger partial charge in [-0.2, -0.15) is 5.10 Å². The molecule has 0 bridgehead atoms. The van der Waals surface area contributed by atoms with Gasteiger partial charge in [0.1, 0.15) is 17.1 Å². The van der Waals surface area contributed by atoms with Crippen LogP contribution in [0.3, 0.4) is 0 Å². The molecule has 3 heterocycles. The van der Waals surface area contributed by atoms with Gasteiger partial charge in [0.05, 0.1) is 12.8 Å². The average Bonchev–Trinajstić information content (AvgIpc) is 3.39. The van der Waals surface area contributed by atoms with Crippen molar-refractivity contribution in [2.24, 2.45) is 7.05 Å². The Morgan fingerprint density at radius 3 is 2.41 bits per heavy atom. The molecule has 1 fully saturated rings. The van der Waals surface area contributed by atoms with Crippen molar-refractivity contribution in [1.29, 1.82) is 0 Å². The lowest BCUT2D eigenvalue weighted by Gasteiger charge is -2.34. The van der Waals surface area contributed by atoms with E-state index in [1.54, 1.807) is 10.9 Å². The van der Waals surface area contributed by atoms with E-state index in [0.717, 1.165) is 44.3 Å². The van der Waals surface area contributed by atoms with E-state index in [9.17, 15) is 4.79 Å². The van der Waals surface area contributed by atoms with E-state index >= 15 is 0 Å². The summed E-state index contributed by atoms with van der Waals surface area (Å²) in [5.41, 5.74) is 1.90. The Morgan fingerprint density at radius 2 is 1.76 bits per heavy atom. The monoisotopic (exact) mass is 393 g/mol. The fourth-order valence-electron chi connectivity index (χ4n) is 3.76. The second kappa shape index (κ2) is 8.53. The molecule has 0 atom stereocenters. The summed E-state index contributed by atoms with van der Waals surface area (Å²) in [5, 5.41) is 4.31. The molecule has 0 N–H and O–H groups in total. The van der Waals surface area contributed by atoms with E-state index in [4.69, 9.17) is 4.74 Å². The molecule has 0 unspecified atom stereocenters. The molecule has 29 heavy (non-hydrogen) atoms. The van der Waals surface area contributed by atoms with Crippen molar-refractivity contribution < 1.29 is 9.53 Å². The smallest absolute Gasteiger partial charge is 0.259 e. The molecule has 1 aliphatic heterocycles. The number of amides is 1. The quantitative estimate of drug-likeness (QED) is 0.646. The van der Waals surface area contributed by atoms with Crippen LogP contribution in [-0.2, 0) is 13.6 Å². The van der Waals surface area contributed by atoms with Gasteiger partial charge in [0.15, 0.2) is 0 Å². The minimum Gasteiger partial charge on any atom is -0.494 e. The van der Waals surface area contributed by atoms with E-state index in [2.05, 4.69) is 22.1 Å². The number of hydrogen-bond donors (Lipinski definition) is 0. The van der Waals surface area contributed by atoms with Crippen LogP contribution in [-0.4, -0.2) is 62.8 Å².